The van der Waals surface area contributed by atoms with Crippen LogP contribution in [0.15, 0.2) is 21.7 Å². The van der Waals surface area contributed by atoms with E-state index in [4.69, 9.17) is 27.9 Å². The van der Waals surface area contributed by atoms with Gasteiger partial charge in [0.25, 0.3) is 0 Å². The third-order valence-corrected chi connectivity index (χ3v) is 3.71. The molecule has 7 nitrogen and oxygen atoms in total. The highest BCUT2D eigenvalue weighted by Crippen LogP contribution is 2.27. The van der Waals surface area contributed by atoms with Gasteiger partial charge in [-0.15, -0.1) is 0 Å². The van der Waals surface area contributed by atoms with Crippen molar-refractivity contribution in [1.29, 1.82) is 0 Å². The van der Waals surface area contributed by atoms with Crippen molar-refractivity contribution in [3.8, 4) is 0 Å². The summed E-state index contributed by atoms with van der Waals surface area (Å²) in [6, 6.07) is 0. The van der Waals surface area contributed by atoms with Gasteiger partial charge >= 0.3 is 5.70 Å². The quantitative estimate of drug-likeness (QED) is 0.452. The zero-order chi connectivity index (χ0) is 13.8. The molecule has 19 heavy (non-hydrogen) atoms. The minimum absolute atomic E-state index is 0.0644. The van der Waals surface area contributed by atoms with E-state index in [-0.39, 0.29) is 15.9 Å². The smallest absolute Gasteiger partial charge is 0.330 e. The number of hydrogen-bond acceptors (Lipinski definition) is 6. The van der Waals surface area contributed by atoms with Crippen LogP contribution in [0.1, 0.15) is 0 Å². The Bertz CT molecular complexity index is 424. The minimum Gasteiger partial charge on any atom is -0.378 e. The lowest BCUT2D eigenvalue weighted by atomic mass is 10.3. The Kier molecular flexibility index (Phi) is 4.73. The molecule has 2 rings (SSSR count). The van der Waals surface area contributed by atoms with Crippen molar-refractivity contribution in [2.24, 2.45) is 0 Å². The van der Waals surface area contributed by atoms with Crippen LogP contribution in [0.4, 0.5) is 0 Å². The summed E-state index contributed by atoms with van der Waals surface area (Å²) in [5.41, 5.74) is -0.226. The van der Waals surface area contributed by atoms with Gasteiger partial charge in [0.2, 0.25) is 0 Å². The Labute approximate surface area is 120 Å². The maximum Gasteiger partial charge on any atom is 0.330 e. The van der Waals surface area contributed by atoms with Crippen molar-refractivity contribution in [1.82, 2.24) is 15.5 Å². The van der Waals surface area contributed by atoms with Gasteiger partial charge in [0.1, 0.15) is 5.16 Å². The first-order chi connectivity index (χ1) is 9.11. The Morgan fingerprint density at radius 3 is 2.37 bits per heavy atom. The van der Waals surface area contributed by atoms with E-state index in [9.17, 15) is 10.1 Å². The number of halogens is 2. The largest absolute Gasteiger partial charge is 0.378 e. The van der Waals surface area contributed by atoms with Crippen LogP contribution in [0, 0.1) is 10.1 Å². The lowest BCUT2D eigenvalue weighted by molar-refractivity contribution is -0.421. The minimum atomic E-state index is -0.536. The molecule has 0 aromatic carbocycles. The molecular formula is C10H14Cl2N4O3. The molecule has 9 heteroatoms. The summed E-state index contributed by atoms with van der Waals surface area (Å²) >= 11 is 12.2. The molecule has 0 saturated carbocycles. The van der Waals surface area contributed by atoms with Crippen molar-refractivity contribution in [2.45, 2.75) is 0 Å². The fourth-order valence-corrected chi connectivity index (χ4v) is 2.42. The number of nitrogens with zero attached hydrogens (tertiary/aromatic N) is 2. The van der Waals surface area contributed by atoms with E-state index in [2.05, 4.69) is 10.6 Å². The van der Waals surface area contributed by atoms with Gasteiger partial charge < -0.3 is 20.3 Å². The first kappa shape index (κ1) is 14.2. The Morgan fingerprint density at radius 1 is 1.26 bits per heavy atom. The average Bonchev–Trinajstić information content (AvgIpc) is 2.92. The first-order valence-corrected chi connectivity index (χ1v) is 6.61. The van der Waals surface area contributed by atoms with Crippen LogP contribution < -0.4 is 10.6 Å². The number of ether oxygens (including phenoxy) is 1. The number of nitro groups is 1. The molecule has 2 N–H and O–H groups in total. The molecule has 0 spiro atoms. The van der Waals surface area contributed by atoms with E-state index in [0.717, 1.165) is 0 Å². The van der Waals surface area contributed by atoms with E-state index in [1.54, 1.807) is 4.90 Å². The van der Waals surface area contributed by atoms with Crippen LogP contribution in [0.3, 0.4) is 0 Å². The highest BCUT2D eigenvalue weighted by atomic mass is 35.5. The molecule has 106 valence electrons. The first-order valence-electron chi connectivity index (χ1n) is 5.86. The Balaban J connectivity index is 2.29. The number of morpholine rings is 1. The van der Waals surface area contributed by atoms with Crippen molar-refractivity contribution in [2.75, 3.05) is 39.4 Å². The summed E-state index contributed by atoms with van der Waals surface area (Å²) in [5.74, 6) is 0.307. The predicted molar refractivity (Wildman–Crippen MR) is 71.1 cm³/mol. The van der Waals surface area contributed by atoms with Gasteiger partial charge in [-0.3, -0.25) is 10.1 Å². The lowest BCUT2D eigenvalue weighted by Crippen LogP contribution is -2.35. The molecule has 0 atom stereocenters. The van der Waals surface area contributed by atoms with E-state index >= 15 is 0 Å². The monoisotopic (exact) mass is 308 g/mol. The third kappa shape index (κ3) is 3.23. The number of hydrogen-bond donors (Lipinski definition) is 2. The maximum atomic E-state index is 11.2. The third-order valence-electron chi connectivity index (χ3n) is 2.83. The summed E-state index contributed by atoms with van der Waals surface area (Å²) in [4.78, 5) is 12.4. The van der Waals surface area contributed by atoms with Gasteiger partial charge in [-0.2, -0.15) is 0 Å². The number of allylic oxidation sites excluding steroid dienone is 1. The van der Waals surface area contributed by atoms with Crippen molar-refractivity contribution in [3.63, 3.8) is 0 Å². The van der Waals surface area contributed by atoms with Crippen molar-refractivity contribution in [3.05, 3.63) is 31.8 Å². The molecule has 2 fully saturated rings. The molecule has 0 aromatic rings. The van der Waals surface area contributed by atoms with Crippen LogP contribution in [0.25, 0.3) is 0 Å². The fraction of sp³-hybridized carbons (Fsp3) is 0.600. The second-order valence-electron chi connectivity index (χ2n) is 4.04. The molecule has 2 saturated heterocycles. The second-order valence-corrected chi connectivity index (χ2v) is 4.77. The van der Waals surface area contributed by atoms with E-state index in [1.165, 1.54) is 0 Å². The number of nitrogens with one attached hydrogen (secondary N) is 2. The zero-order valence-electron chi connectivity index (χ0n) is 10.1. The molecule has 0 radical (unpaired) electrons. The Morgan fingerprint density at radius 2 is 1.84 bits per heavy atom. The summed E-state index contributed by atoms with van der Waals surface area (Å²) in [7, 11) is 0. The average molecular weight is 309 g/mol. The normalized spacial score (nSPS) is 20.5. The predicted octanol–water partition coefficient (Wildman–Crippen LogP) is 0.604. The van der Waals surface area contributed by atoms with Crippen LogP contribution in [-0.2, 0) is 4.74 Å². The molecule has 2 aliphatic heterocycles. The van der Waals surface area contributed by atoms with Gasteiger partial charge in [0, 0.05) is 26.2 Å². The van der Waals surface area contributed by atoms with Gasteiger partial charge in [0.15, 0.2) is 10.9 Å². The van der Waals surface area contributed by atoms with Crippen LogP contribution >= 0.6 is 23.2 Å². The van der Waals surface area contributed by atoms with E-state index in [0.29, 0.717) is 45.2 Å². The number of rotatable bonds is 3. The van der Waals surface area contributed by atoms with Gasteiger partial charge in [-0.05, 0) is 0 Å². The molecule has 0 unspecified atom stereocenters. The van der Waals surface area contributed by atoms with Gasteiger partial charge in [0.05, 0.1) is 18.1 Å². The zero-order valence-corrected chi connectivity index (χ0v) is 11.6. The van der Waals surface area contributed by atoms with Crippen molar-refractivity contribution >= 4 is 23.2 Å². The molecular weight excluding hydrogens is 295 g/mol. The van der Waals surface area contributed by atoms with E-state index < -0.39 is 4.92 Å². The molecule has 0 aromatic heterocycles. The van der Waals surface area contributed by atoms with Crippen LogP contribution in [0.5, 0.6) is 0 Å². The highest BCUT2D eigenvalue weighted by molar-refractivity contribution is 6.40. The molecule has 0 bridgehead atoms. The van der Waals surface area contributed by atoms with Crippen LogP contribution in [0.2, 0.25) is 0 Å². The maximum absolute atomic E-state index is 11.2. The summed E-state index contributed by atoms with van der Waals surface area (Å²) < 4.78 is 5.20. The summed E-state index contributed by atoms with van der Waals surface area (Å²) in [5, 5.41) is 17.0. The molecule has 2 aliphatic rings. The van der Waals surface area contributed by atoms with Gasteiger partial charge in [-0.25, -0.2) is 0 Å². The molecule has 0 aliphatic carbocycles. The Hall–Kier alpha value is -1.18. The summed E-state index contributed by atoms with van der Waals surface area (Å²) in [6.07, 6.45) is 0. The van der Waals surface area contributed by atoms with E-state index in [1.807, 2.05) is 0 Å². The fourth-order valence-electron chi connectivity index (χ4n) is 1.88. The molecule has 2 heterocycles. The highest BCUT2D eigenvalue weighted by Gasteiger charge is 2.29. The summed E-state index contributed by atoms with van der Waals surface area (Å²) in [6.45, 7) is 3.42. The van der Waals surface area contributed by atoms with Crippen LogP contribution in [-0.4, -0.2) is 49.2 Å². The lowest BCUT2D eigenvalue weighted by Gasteiger charge is -2.28. The SMILES string of the molecule is O=[N+]([O-])C(=C1NCCN1)/C(Cl)=C(/Cl)N1CCOCC1. The molecule has 0 amide bonds. The second kappa shape index (κ2) is 6.31. The standard InChI is InChI=1S/C10H14Cl2N4O3/c11-7(9(12)15-3-5-19-6-4-15)8(16(17)18)10-13-1-2-14-10/h13-14H,1-6H2/b9-7+. The van der Waals surface area contributed by atoms with Crippen molar-refractivity contribution < 1.29 is 9.66 Å². The topological polar surface area (TPSA) is 79.7 Å². The van der Waals surface area contributed by atoms with Gasteiger partial charge in [-0.1, -0.05) is 23.2 Å².